The van der Waals surface area contributed by atoms with E-state index in [1.165, 1.54) is 12.8 Å². The number of nitrogens with zero attached hydrogens (tertiary/aromatic N) is 3. The van der Waals surface area contributed by atoms with Crippen molar-refractivity contribution in [3.63, 3.8) is 0 Å². The Morgan fingerprint density at radius 3 is 2.53 bits per heavy atom. The Labute approximate surface area is 113 Å². The minimum absolute atomic E-state index is 0.365. The number of halogens is 2. The molecule has 0 aromatic carbocycles. The lowest BCUT2D eigenvalue weighted by atomic mass is 10.2. The molecular formula is C12H19Cl2N3. The second-order valence-electron chi connectivity index (χ2n) is 4.34. The number of aromatic nitrogens is 2. The maximum absolute atomic E-state index is 6.07. The molecular weight excluding hydrogens is 257 g/mol. The molecule has 0 amide bonds. The maximum atomic E-state index is 6.07. The summed E-state index contributed by atoms with van der Waals surface area (Å²) in [7, 11) is 0. The Balaban J connectivity index is 2.85. The molecule has 0 radical (unpaired) electrons. The van der Waals surface area contributed by atoms with Crippen LogP contribution in [0.3, 0.4) is 0 Å². The molecule has 0 N–H and O–H groups in total. The van der Waals surface area contributed by atoms with Gasteiger partial charge in [0.25, 0.3) is 0 Å². The summed E-state index contributed by atoms with van der Waals surface area (Å²) >= 11 is 11.9. The fourth-order valence-electron chi connectivity index (χ4n) is 1.73. The van der Waals surface area contributed by atoms with Crippen LogP contribution < -0.4 is 4.90 Å². The van der Waals surface area contributed by atoms with Gasteiger partial charge >= 0.3 is 0 Å². The number of hydrogen-bond acceptors (Lipinski definition) is 3. The highest BCUT2D eigenvalue weighted by atomic mass is 35.5. The molecule has 3 nitrogen and oxygen atoms in total. The molecule has 0 saturated heterocycles. The quantitative estimate of drug-likeness (QED) is 0.729. The molecule has 0 unspecified atom stereocenters. The summed E-state index contributed by atoms with van der Waals surface area (Å²) in [6.07, 6.45) is 3.56. The fraction of sp³-hybridized carbons (Fsp3) is 0.667. The van der Waals surface area contributed by atoms with Crippen molar-refractivity contribution in [3.8, 4) is 0 Å². The molecule has 96 valence electrons. The first-order valence-electron chi connectivity index (χ1n) is 6.01. The van der Waals surface area contributed by atoms with Gasteiger partial charge in [-0.1, -0.05) is 43.0 Å². The molecule has 17 heavy (non-hydrogen) atoms. The van der Waals surface area contributed by atoms with Gasteiger partial charge in [-0.05, 0) is 20.3 Å². The van der Waals surface area contributed by atoms with Gasteiger partial charge in [0.15, 0.2) is 10.3 Å². The van der Waals surface area contributed by atoms with E-state index in [0.29, 0.717) is 16.3 Å². The van der Waals surface area contributed by atoms with E-state index in [1.54, 1.807) is 6.07 Å². The third kappa shape index (κ3) is 4.32. The second kappa shape index (κ2) is 7.02. The summed E-state index contributed by atoms with van der Waals surface area (Å²) in [4.78, 5) is 2.22. The van der Waals surface area contributed by atoms with Crippen molar-refractivity contribution < 1.29 is 0 Å². The van der Waals surface area contributed by atoms with Gasteiger partial charge in [-0.3, -0.25) is 0 Å². The Morgan fingerprint density at radius 2 is 1.94 bits per heavy atom. The van der Waals surface area contributed by atoms with Crippen molar-refractivity contribution in [1.82, 2.24) is 10.2 Å². The average molecular weight is 276 g/mol. The molecule has 0 saturated carbocycles. The largest absolute Gasteiger partial charge is 0.366 e. The number of rotatable bonds is 6. The molecule has 5 heteroatoms. The van der Waals surface area contributed by atoms with Gasteiger partial charge in [-0.2, -0.15) is 0 Å². The molecule has 0 aliphatic carbocycles. The van der Waals surface area contributed by atoms with E-state index in [1.807, 2.05) is 0 Å². The molecule has 1 heterocycles. The lowest BCUT2D eigenvalue weighted by Crippen LogP contribution is -2.32. The number of hydrogen-bond donors (Lipinski definition) is 0. The first-order chi connectivity index (χ1) is 8.06. The molecule has 0 aliphatic rings. The zero-order valence-electron chi connectivity index (χ0n) is 10.6. The van der Waals surface area contributed by atoms with E-state index in [0.717, 1.165) is 18.7 Å². The molecule has 0 atom stereocenters. The minimum atomic E-state index is 0.365. The van der Waals surface area contributed by atoms with E-state index in [9.17, 15) is 0 Å². The molecule has 1 aromatic heterocycles. The lowest BCUT2D eigenvalue weighted by molar-refractivity contribution is 0.624. The Hall–Kier alpha value is -0.540. The van der Waals surface area contributed by atoms with Crippen molar-refractivity contribution >= 4 is 28.9 Å². The molecule has 0 spiro atoms. The van der Waals surface area contributed by atoms with Crippen molar-refractivity contribution in [2.75, 3.05) is 11.4 Å². The summed E-state index contributed by atoms with van der Waals surface area (Å²) in [5.74, 6) is 0. The van der Waals surface area contributed by atoms with Crippen LogP contribution >= 0.6 is 23.2 Å². The van der Waals surface area contributed by atoms with Crippen LogP contribution in [-0.4, -0.2) is 22.8 Å². The number of unbranched alkanes of at least 4 members (excludes halogenated alkanes) is 2. The predicted molar refractivity (Wildman–Crippen MR) is 74.1 cm³/mol. The van der Waals surface area contributed by atoms with Crippen molar-refractivity contribution in [2.45, 2.75) is 46.1 Å². The van der Waals surface area contributed by atoms with Crippen LogP contribution in [0, 0.1) is 0 Å². The second-order valence-corrected chi connectivity index (χ2v) is 5.08. The monoisotopic (exact) mass is 275 g/mol. The van der Waals surface area contributed by atoms with Crippen LogP contribution in [0.25, 0.3) is 0 Å². The SMILES string of the molecule is CCCCCN(c1cc(Cl)nnc1Cl)C(C)C. The van der Waals surface area contributed by atoms with Crippen LogP contribution in [0.1, 0.15) is 40.0 Å². The van der Waals surface area contributed by atoms with E-state index in [2.05, 4.69) is 35.9 Å². The van der Waals surface area contributed by atoms with Crippen LogP contribution in [0.5, 0.6) is 0 Å². The van der Waals surface area contributed by atoms with Crippen LogP contribution in [0.15, 0.2) is 6.07 Å². The smallest absolute Gasteiger partial charge is 0.175 e. The summed E-state index contributed by atoms with van der Waals surface area (Å²) < 4.78 is 0. The van der Waals surface area contributed by atoms with Crippen LogP contribution in [0.4, 0.5) is 5.69 Å². The Bertz CT molecular complexity index is 356. The first kappa shape index (κ1) is 14.5. The third-order valence-electron chi connectivity index (χ3n) is 2.64. The van der Waals surface area contributed by atoms with E-state index in [-0.39, 0.29) is 0 Å². The van der Waals surface area contributed by atoms with Crippen LogP contribution in [0.2, 0.25) is 10.3 Å². The summed E-state index contributed by atoms with van der Waals surface area (Å²) in [6, 6.07) is 2.15. The predicted octanol–water partition coefficient (Wildman–Crippen LogP) is 4.19. The highest BCUT2D eigenvalue weighted by Gasteiger charge is 2.15. The average Bonchev–Trinajstić information content (AvgIpc) is 2.28. The summed E-state index contributed by atoms with van der Waals surface area (Å²) in [5.41, 5.74) is 0.873. The van der Waals surface area contributed by atoms with Gasteiger partial charge < -0.3 is 4.90 Å². The Kier molecular flexibility index (Phi) is 6.00. The van der Waals surface area contributed by atoms with E-state index < -0.39 is 0 Å². The van der Waals surface area contributed by atoms with Crippen molar-refractivity contribution in [3.05, 3.63) is 16.4 Å². The highest BCUT2D eigenvalue weighted by Crippen LogP contribution is 2.27. The normalized spacial score (nSPS) is 10.9. The van der Waals surface area contributed by atoms with Gasteiger partial charge in [0.2, 0.25) is 0 Å². The summed E-state index contributed by atoms with van der Waals surface area (Å²) in [5, 5.41) is 8.38. The molecule has 0 aliphatic heterocycles. The third-order valence-corrected chi connectivity index (χ3v) is 3.09. The maximum Gasteiger partial charge on any atom is 0.175 e. The highest BCUT2D eigenvalue weighted by molar-refractivity contribution is 6.33. The topological polar surface area (TPSA) is 29.0 Å². The van der Waals surface area contributed by atoms with Gasteiger partial charge in [0, 0.05) is 18.7 Å². The lowest BCUT2D eigenvalue weighted by Gasteiger charge is -2.29. The minimum Gasteiger partial charge on any atom is -0.366 e. The van der Waals surface area contributed by atoms with Gasteiger partial charge in [0.05, 0.1) is 5.69 Å². The first-order valence-corrected chi connectivity index (χ1v) is 6.77. The van der Waals surface area contributed by atoms with Crippen molar-refractivity contribution in [2.24, 2.45) is 0 Å². The molecule has 1 aromatic rings. The zero-order chi connectivity index (χ0) is 12.8. The number of anilines is 1. The zero-order valence-corrected chi connectivity index (χ0v) is 12.1. The standard InChI is InChI=1S/C12H19Cl2N3/c1-4-5-6-7-17(9(2)3)10-8-11(13)15-16-12(10)14/h8-9H,4-7H2,1-3H3. The Morgan fingerprint density at radius 1 is 1.24 bits per heavy atom. The molecule has 0 fully saturated rings. The molecule has 0 bridgehead atoms. The molecule has 1 rings (SSSR count). The van der Waals surface area contributed by atoms with Crippen molar-refractivity contribution in [1.29, 1.82) is 0 Å². The van der Waals surface area contributed by atoms with Gasteiger partial charge in [0.1, 0.15) is 0 Å². The van der Waals surface area contributed by atoms with Gasteiger partial charge in [-0.15, -0.1) is 10.2 Å². The van der Waals surface area contributed by atoms with Gasteiger partial charge in [-0.25, -0.2) is 0 Å². The fourth-order valence-corrected chi connectivity index (χ4v) is 2.08. The van der Waals surface area contributed by atoms with E-state index in [4.69, 9.17) is 23.2 Å². The van der Waals surface area contributed by atoms with E-state index >= 15 is 0 Å². The van der Waals surface area contributed by atoms with Crippen LogP contribution in [-0.2, 0) is 0 Å². The summed E-state index contributed by atoms with van der Waals surface area (Å²) in [6.45, 7) is 7.43.